The minimum absolute atomic E-state index is 0.0407. The van der Waals surface area contributed by atoms with Crippen molar-refractivity contribution in [3.63, 3.8) is 0 Å². The standard InChI is InChI=1S/C30H27Br2FN2O6/c1-3-10-40-25-9-8-18(12-26(25)39-4-2)16-35-29(37)23(28(36)34-30(35)38)14-20-13-21(31)15-24(32)27(20)41-17-19-6-5-7-22(33)11-19/h5-9,11-15H,3-4,10,16-17H2,1-2H3,(H,34,36,38)/b23-14+. The average molecular weight is 690 g/mol. The molecule has 4 rings (SSSR count). The van der Waals surface area contributed by atoms with Crippen molar-refractivity contribution >= 4 is 55.8 Å². The Bertz CT molecular complexity index is 1510. The summed E-state index contributed by atoms with van der Waals surface area (Å²) >= 11 is 6.87. The summed E-state index contributed by atoms with van der Waals surface area (Å²) in [6.45, 7) is 4.70. The molecule has 214 valence electrons. The Morgan fingerprint density at radius 2 is 1.73 bits per heavy atom. The van der Waals surface area contributed by atoms with Gasteiger partial charge in [-0.15, -0.1) is 0 Å². The van der Waals surface area contributed by atoms with Crippen LogP contribution in [0.3, 0.4) is 0 Å². The van der Waals surface area contributed by atoms with E-state index in [1.165, 1.54) is 18.2 Å². The topological polar surface area (TPSA) is 94.2 Å². The molecule has 1 saturated heterocycles. The van der Waals surface area contributed by atoms with E-state index in [0.29, 0.717) is 56.1 Å². The van der Waals surface area contributed by atoms with Crippen LogP contribution in [0.15, 0.2) is 69.1 Å². The van der Waals surface area contributed by atoms with Crippen molar-refractivity contribution in [3.8, 4) is 17.2 Å². The van der Waals surface area contributed by atoms with Gasteiger partial charge >= 0.3 is 6.03 Å². The zero-order chi connectivity index (χ0) is 29.5. The summed E-state index contributed by atoms with van der Waals surface area (Å²) in [5.41, 5.74) is 1.35. The lowest BCUT2D eigenvalue weighted by Gasteiger charge is -2.27. The smallest absolute Gasteiger partial charge is 0.331 e. The van der Waals surface area contributed by atoms with Gasteiger partial charge in [0, 0.05) is 10.0 Å². The van der Waals surface area contributed by atoms with Crippen molar-refractivity contribution < 1.29 is 33.0 Å². The van der Waals surface area contributed by atoms with Gasteiger partial charge in [0.25, 0.3) is 11.8 Å². The second-order valence-electron chi connectivity index (χ2n) is 9.00. The number of nitrogens with one attached hydrogen (secondary N) is 1. The molecule has 0 unspecified atom stereocenters. The summed E-state index contributed by atoms with van der Waals surface area (Å²) in [4.78, 5) is 40.0. The summed E-state index contributed by atoms with van der Waals surface area (Å²) in [5.74, 6) is -0.605. The zero-order valence-corrected chi connectivity index (χ0v) is 25.5. The highest BCUT2D eigenvalue weighted by atomic mass is 79.9. The van der Waals surface area contributed by atoms with Gasteiger partial charge in [0.1, 0.15) is 23.7 Å². The number of amides is 4. The Hall–Kier alpha value is -3.70. The molecular weight excluding hydrogens is 663 g/mol. The third kappa shape index (κ3) is 7.53. The fraction of sp³-hybridized carbons (Fsp3) is 0.233. The average Bonchev–Trinajstić information content (AvgIpc) is 2.92. The lowest BCUT2D eigenvalue weighted by Crippen LogP contribution is -2.53. The number of benzene rings is 3. The molecule has 0 aromatic heterocycles. The van der Waals surface area contributed by atoms with Crippen molar-refractivity contribution in [1.29, 1.82) is 0 Å². The monoisotopic (exact) mass is 688 g/mol. The summed E-state index contributed by atoms with van der Waals surface area (Å²) in [5, 5.41) is 2.24. The number of hydrogen-bond donors (Lipinski definition) is 1. The first-order chi connectivity index (χ1) is 19.7. The molecule has 1 heterocycles. The van der Waals surface area contributed by atoms with Gasteiger partial charge in [-0.1, -0.05) is 41.1 Å². The van der Waals surface area contributed by atoms with Crippen molar-refractivity contribution in [2.24, 2.45) is 0 Å². The first kappa shape index (κ1) is 30.3. The minimum atomic E-state index is -0.834. The number of carbonyl (C=O) groups is 3. The maximum Gasteiger partial charge on any atom is 0.331 e. The van der Waals surface area contributed by atoms with Crippen LogP contribution >= 0.6 is 31.9 Å². The van der Waals surface area contributed by atoms with E-state index >= 15 is 0 Å². The number of imide groups is 2. The van der Waals surface area contributed by atoms with E-state index in [2.05, 4.69) is 37.2 Å². The molecule has 1 aliphatic rings. The zero-order valence-electron chi connectivity index (χ0n) is 22.3. The Kier molecular flexibility index (Phi) is 10.2. The number of rotatable bonds is 11. The maximum absolute atomic E-state index is 13.6. The third-order valence-corrected chi connectivity index (χ3v) is 6.95. The van der Waals surface area contributed by atoms with Crippen LogP contribution < -0.4 is 19.5 Å². The second kappa shape index (κ2) is 13.8. The molecular formula is C30H27Br2FN2O6. The molecule has 1 N–H and O–H groups in total. The van der Waals surface area contributed by atoms with E-state index in [1.54, 1.807) is 42.5 Å². The molecule has 0 aliphatic carbocycles. The van der Waals surface area contributed by atoms with Crippen LogP contribution in [-0.4, -0.2) is 36.0 Å². The third-order valence-electron chi connectivity index (χ3n) is 5.91. The van der Waals surface area contributed by atoms with Crippen LogP contribution in [0.25, 0.3) is 6.08 Å². The van der Waals surface area contributed by atoms with Gasteiger partial charge < -0.3 is 14.2 Å². The molecule has 0 bridgehead atoms. The normalized spacial score (nSPS) is 14.3. The molecule has 3 aromatic carbocycles. The van der Waals surface area contributed by atoms with E-state index < -0.39 is 23.7 Å². The van der Waals surface area contributed by atoms with Crippen molar-refractivity contribution in [1.82, 2.24) is 10.2 Å². The SMILES string of the molecule is CCCOc1ccc(CN2C(=O)NC(=O)/C(=C\c3cc(Br)cc(Br)c3OCc3cccc(F)c3)C2=O)cc1OCC. The van der Waals surface area contributed by atoms with Crippen LogP contribution in [0.5, 0.6) is 17.2 Å². The van der Waals surface area contributed by atoms with E-state index in [1.807, 2.05) is 13.8 Å². The largest absolute Gasteiger partial charge is 0.490 e. The molecule has 0 spiro atoms. The van der Waals surface area contributed by atoms with Gasteiger partial charge in [0.15, 0.2) is 11.5 Å². The predicted octanol–water partition coefficient (Wildman–Crippen LogP) is 6.78. The number of hydrogen-bond acceptors (Lipinski definition) is 6. The number of nitrogens with zero attached hydrogens (tertiary/aromatic N) is 1. The second-order valence-corrected chi connectivity index (χ2v) is 10.8. The fourth-order valence-electron chi connectivity index (χ4n) is 4.05. The Morgan fingerprint density at radius 1 is 0.927 bits per heavy atom. The van der Waals surface area contributed by atoms with Crippen LogP contribution in [0, 0.1) is 5.82 Å². The molecule has 11 heteroatoms. The first-order valence-corrected chi connectivity index (χ1v) is 14.4. The highest BCUT2D eigenvalue weighted by Crippen LogP contribution is 2.36. The van der Waals surface area contributed by atoms with Crippen molar-refractivity contribution in [3.05, 3.63) is 91.6 Å². The Labute approximate surface area is 253 Å². The summed E-state index contributed by atoms with van der Waals surface area (Å²) in [6, 6.07) is 13.7. The molecule has 0 radical (unpaired) electrons. The number of ether oxygens (including phenoxy) is 3. The Balaban J connectivity index is 1.63. The first-order valence-electron chi connectivity index (χ1n) is 12.8. The molecule has 41 heavy (non-hydrogen) atoms. The van der Waals surface area contributed by atoms with Crippen LogP contribution in [0.4, 0.5) is 9.18 Å². The minimum Gasteiger partial charge on any atom is -0.490 e. The molecule has 4 amide bonds. The Morgan fingerprint density at radius 3 is 2.46 bits per heavy atom. The van der Waals surface area contributed by atoms with E-state index in [4.69, 9.17) is 14.2 Å². The van der Waals surface area contributed by atoms with Gasteiger partial charge in [0.2, 0.25) is 0 Å². The molecule has 8 nitrogen and oxygen atoms in total. The van der Waals surface area contributed by atoms with Crippen molar-refractivity contribution in [2.45, 2.75) is 33.4 Å². The van der Waals surface area contributed by atoms with Gasteiger partial charge in [-0.05, 0) is 82.9 Å². The molecule has 0 saturated carbocycles. The van der Waals surface area contributed by atoms with Gasteiger partial charge in [-0.3, -0.25) is 19.8 Å². The summed E-state index contributed by atoms with van der Waals surface area (Å²) in [7, 11) is 0. The summed E-state index contributed by atoms with van der Waals surface area (Å²) in [6.07, 6.45) is 2.19. The quantitative estimate of drug-likeness (QED) is 0.176. The maximum atomic E-state index is 13.6. The highest BCUT2D eigenvalue weighted by Gasteiger charge is 2.36. The number of urea groups is 1. The van der Waals surface area contributed by atoms with Gasteiger partial charge in [0.05, 0.1) is 24.2 Å². The number of halogens is 3. The van der Waals surface area contributed by atoms with Gasteiger partial charge in [-0.25, -0.2) is 9.18 Å². The predicted molar refractivity (Wildman–Crippen MR) is 158 cm³/mol. The fourth-order valence-corrected chi connectivity index (χ4v) is 5.42. The lowest BCUT2D eigenvalue weighted by molar-refractivity contribution is -0.130. The van der Waals surface area contributed by atoms with Crippen LogP contribution in [0.2, 0.25) is 0 Å². The van der Waals surface area contributed by atoms with E-state index in [0.717, 1.165) is 11.3 Å². The van der Waals surface area contributed by atoms with Crippen LogP contribution in [0.1, 0.15) is 37.0 Å². The number of carbonyl (C=O) groups excluding carboxylic acids is 3. The number of barbiturate groups is 1. The van der Waals surface area contributed by atoms with Gasteiger partial charge in [-0.2, -0.15) is 0 Å². The molecule has 3 aromatic rings. The van der Waals surface area contributed by atoms with Crippen molar-refractivity contribution in [2.75, 3.05) is 13.2 Å². The van der Waals surface area contributed by atoms with Crippen LogP contribution in [-0.2, 0) is 22.7 Å². The molecule has 1 aliphatic heterocycles. The van der Waals surface area contributed by atoms with E-state index in [9.17, 15) is 18.8 Å². The summed E-state index contributed by atoms with van der Waals surface area (Å²) < 4.78 is 32.2. The van der Waals surface area contributed by atoms with E-state index in [-0.39, 0.29) is 18.7 Å². The highest BCUT2D eigenvalue weighted by molar-refractivity contribution is 9.11. The lowest BCUT2D eigenvalue weighted by atomic mass is 10.1. The molecule has 0 atom stereocenters. The molecule has 1 fully saturated rings.